The summed E-state index contributed by atoms with van der Waals surface area (Å²) < 4.78 is 21.6. The van der Waals surface area contributed by atoms with E-state index < -0.39 is 11.9 Å². The molecule has 2 aromatic heterocycles. The second-order valence-corrected chi connectivity index (χ2v) is 9.80. The van der Waals surface area contributed by atoms with E-state index in [1.54, 1.807) is 24.3 Å². The topological polar surface area (TPSA) is 99.5 Å². The Bertz CT molecular complexity index is 1700. The summed E-state index contributed by atoms with van der Waals surface area (Å²) in [4.78, 5) is 17.0. The Hall–Kier alpha value is -4.56. The number of benzene rings is 3. The molecular formula is C31H28FN3O4. The SMILES string of the molecule is COc1cc2c(cc1O)-c1cc(C(=O)N[C@@H](CO)Cc3c[nH]c4ccccc34)c(-c3cccc(F)c3)n1CC2. The number of para-hydroxylation sites is 1. The fourth-order valence-corrected chi connectivity index (χ4v) is 5.57. The number of nitrogens with one attached hydrogen (secondary N) is 2. The molecule has 1 atom stereocenters. The highest BCUT2D eigenvalue weighted by Gasteiger charge is 2.28. The van der Waals surface area contributed by atoms with E-state index in [2.05, 4.69) is 10.3 Å². The summed E-state index contributed by atoms with van der Waals surface area (Å²) in [5.74, 6) is -0.377. The molecule has 1 aliphatic rings. The molecule has 7 nitrogen and oxygen atoms in total. The summed E-state index contributed by atoms with van der Waals surface area (Å²) in [5.41, 5.74) is 6.03. The van der Waals surface area contributed by atoms with Gasteiger partial charge in [0.15, 0.2) is 11.5 Å². The minimum absolute atomic E-state index is 0.00304. The number of H-pyrrole nitrogens is 1. The van der Waals surface area contributed by atoms with Crippen molar-refractivity contribution >= 4 is 16.8 Å². The lowest BCUT2D eigenvalue weighted by Crippen LogP contribution is -2.39. The molecule has 0 spiro atoms. The molecule has 198 valence electrons. The molecule has 3 heterocycles. The fraction of sp³-hybridized carbons (Fsp3) is 0.194. The number of amides is 1. The number of carbonyl (C=O) groups is 1. The third-order valence-electron chi connectivity index (χ3n) is 7.42. The number of hydrogen-bond acceptors (Lipinski definition) is 4. The smallest absolute Gasteiger partial charge is 0.253 e. The van der Waals surface area contributed by atoms with E-state index in [1.165, 1.54) is 19.2 Å². The number of carbonyl (C=O) groups excluding carboxylic acids is 1. The van der Waals surface area contributed by atoms with Crippen LogP contribution in [-0.2, 0) is 19.4 Å². The van der Waals surface area contributed by atoms with Crippen molar-refractivity contribution < 1.29 is 24.1 Å². The number of ether oxygens (including phenoxy) is 1. The monoisotopic (exact) mass is 525 g/mol. The van der Waals surface area contributed by atoms with Gasteiger partial charge in [0.05, 0.1) is 31.0 Å². The number of aromatic amines is 1. The summed E-state index contributed by atoms with van der Waals surface area (Å²) >= 11 is 0. The standard InChI is InChI=1S/C31H28FN3O4/c1-39-29-13-18-9-10-35-27(24(18)15-28(29)37)14-25(30(35)19-5-4-6-21(32)11-19)31(38)34-22(17-36)12-20-16-33-26-8-3-2-7-23(20)26/h2-8,11,13-16,22,33,36-37H,9-10,12,17H2,1H3,(H,34,38)/t22-/m1/s1. The van der Waals surface area contributed by atoms with Gasteiger partial charge in [0.25, 0.3) is 5.91 Å². The van der Waals surface area contributed by atoms with E-state index in [9.17, 15) is 19.4 Å². The maximum Gasteiger partial charge on any atom is 0.253 e. The van der Waals surface area contributed by atoms with Gasteiger partial charge in [0.1, 0.15) is 5.82 Å². The van der Waals surface area contributed by atoms with Crippen molar-refractivity contribution in [2.45, 2.75) is 25.4 Å². The van der Waals surface area contributed by atoms with Gasteiger partial charge < -0.3 is 29.8 Å². The molecule has 0 unspecified atom stereocenters. The van der Waals surface area contributed by atoms with Gasteiger partial charge in [-0.1, -0.05) is 30.3 Å². The number of rotatable bonds is 7. The lowest BCUT2D eigenvalue weighted by molar-refractivity contribution is 0.0917. The van der Waals surface area contributed by atoms with Gasteiger partial charge in [-0.05, 0) is 60.4 Å². The van der Waals surface area contributed by atoms with E-state index in [-0.39, 0.29) is 18.3 Å². The molecule has 6 rings (SSSR count). The number of aromatic hydroxyl groups is 1. The molecule has 0 bridgehead atoms. The molecule has 0 saturated heterocycles. The van der Waals surface area contributed by atoms with Crippen LogP contribution >= 0.6 is 0 Å². The van der Waals surface area contributed by atoms with Crippen LogP contribution in [0.25, 0.3) is 33.4 Å². The predicted octanol–water partition coefficient (Wildman–Crippen LogP) is 5.05. The largest absolute Gasteiger partial charge is 0.504 e. The van der Waals surface area contributed by atoms with Gasteiger partial charge in [-0.25, -0.2) is 4.39 Å². The number of aryl methyl sites for hydroxylation is 1. The molecule has 0 radical (unpaired) electrons. The Kier molecular flexibility index (Phi) is 6.32. The molecule has 4 N–H and O–H groups in total. The average Bonchev–Trinajstić information content (AvgIpc) is 3.54. The fourth-order valence-electron chi connectivity index (χ4n) is 5.57. The Balaban J connectivity index is 1.40. The zero-order valence-electron chi connectivity index (χ0n) is 21.4. The van der Waals surface area contributed by atoms with Gasteiger partial charge in [-0.3, -0.25) is 4.79 Å². The van der Waals surface area contributed by atoms with Crippen molar-refractivity contribution in [1.82, 2.24) is 14.9 Å². The number of hydrogen-bond donors (Lipinski definition) is 4. The number of methoxy groups -OCH3 is 1. The highest BCUT2D eigenvalue weighted by Crippen LogP contribution is 2.42. The summed E-state index contributed by atoms with van der Waals surface area (Å²) in [7, 11) is 1.51. The van der Waals surface area contributed by atoms with E-state index in [1.807, 2.05) is 41.1 Å². The number of phenolic OH excluding ortho intramolecular Hbond substituents is 1. The normalized spacial score (nSPS) is 13.1. The first-order chi connectivity index (χ1) is 19.0. The highest BCUT2D eigenvalue weighted by atomic mass is 19.1. The van der Waals surface area contributed by atoms with Crippen LogP contribution < -0.4 is 10.1 Å². The summed E-state index contributed by atoms with van der Waals surface area (Å²) in [5, 5.41) is 24.7. The second kappa shape index (κ2) is 9.96. The number of phenols is 1. The lowest BCUT2D eigenvalue weighted by Gasteiger charge is -2.23. The van der Waals surface area contributed by atoms with Gasteiger partial charge in [-0.15, -0.1) is 0 Å². The maximum absolute atomic E-state index is 14.3. The molecule has 5 aromatic rings. The van der Waals surface area contributed by atoms with Crippen molar-refractivity contribution in [2.24, 2.45) is 0 Å². The predicted molar refractivity (Wildman–Crippen MR) is 148 cm³/mol. The first-order valence-electron chi connectivity index (χ1n) is 12.8. The Morgan fingerprint density at radius 1 is 1.15 bits per heavy atom. The molecular weight excluding hydrogens is 497 g/mol. The van der Waals surface area contributed by atoms with Crippen LogP contribution in [0.4, 0.5) is 4.39 Å². The van der Waals surface area contributed by atoms with Crippen LogP contribution in [-0.4, -0.2) is 45.4 Å². The molecule has 3 aromatic carbocycles. The van der Waals surface area contributed by atoms with Gasteiger partial charge in [-0.2, -0.15) is 0 Å². The van der Waals surface area contributed by atoms with Gasteiger partial charge >= 0.3 is 0 Å². The Morgan fingerprint density at radius 2 is 2.00 bits per heavy atom. The van der Waals surface area contributed by atoms with E-state index >= 15 is 0 Å². The Labute approximate surface area is 224 Å². The van der Waals surface area contributed by atoms with Crippen LogP contribution in [0.5, 0.6) is 11.5 Å². The first-order valence-corrected chi connectivity index (χ1v) is 12.8. The van der Waals surface area contributed by atoms with Crippen LogP contribution in [0.1, 0.15) is 21.5 Å². The number of nitrogens with zero attached hydrogens (tertiary/aromatic N) is 1. The van der Waals surface area contributed by atoms with Crippen molar-refractivity contribution in [1.29, 1.82) is 0 Å². The first kappa shape index (κ1) is 24.8. The molecule has 39 heavy (non-hydrogen) atoms. The lowest BCUT2D eigenvalue weighted by atomic mass is 9.97. The van der Waals surface area contributed by atoms with Crippen LogP contribution in [0.3, 0.4) is 0 Å². The number of aliphatic hydroxyl groups excluding tert-OH is 1. The van der Waals surface area contributed by atoms with Crippen molar-refractivity contribution in [2.75, 3.05) is 13.7 Å². The minimum atomic E-state index is -0.533. The quantitative estimate of drug-likeness (QED) is 0.239. The molecule has 1 amide bonds. The van der Waals surface area contributed by atoms with Crippen molar-refractivity contribution in [3.8, 4) is 34.0 Å². The zero-order valence-corrected chi connectivity index (χ0v) is 21.4. The van der Waals surface area contributed by atoms with E-state index in [0.717, 1.165) is 33.3 Å². The van der Waals surface area contributed by atoms with Crippen LogP contribution in [0.2, 0.25) is 0 Å². The van der Waals surface area contributed by atoms with Crippen molar-refractivity contribution in [3.05, 3.63) is 95.4 Å². The van der Waals surface area contributed by atoms with Crippen LogP contribution in [0, 0.1) is 5.82 Å². The second-order valence-electron chi connectivity index (χ2n) is 9.80. The minimum Gasteiger partial charge on any atom is -0.504 e. The number of aromatic nitrogens is 2. The van der Waals surface area contributed by atoms with Crippen LogP contribution in [0.15, 0.2) is 72.9 Å². The molecule has 0 saturated carbocycles. The summed E-state index contributed by atoms with van der Waals surface area (Å²) in [6.07, 6.45) is 2.98. The number of aliphatic hydroxyl groups is 1. The van der Waals surface area contributed by atoms with E-state index in [4.69, 9.17) is 4.74 Å². The Morgan fingerprint density at radius 3 is 2.79 bits per heavy atom. The van der Waals surface area contributed by atoms with Gasteiger partial charge in [0.2, 0.25) is 0 Å². The van der Waals surface area contributed by atoms with Crippen molar-refractivity contribution in [3.63, 3.8) is 0 Å². The molecule has 0 aliphatic carbocycles. The summed E-state index contributed by atoms with van der Waals surface area (Å²) in [6.45, 7) is 0.318. The molecule has 8 heteroatoms. The number of fused-ring (bicyclic) bond motifs is 4. The summed E-state index contributed by atoms with van der Waals surface area (Å²) in [6, 6.07) is 18.8. The number of halogens is 1. The van der Waals surface area contributed by atoms with Gasteiger partial charge in [0, 0.05) is 40.5 Å². The average molecular weight is 526 g/mol. The third-order valence-corrected chi connectivity index (χ3v) is 7.42. The third kappa shape index (κ3) is 4.42. The zero-order chi connectivity index (χ0) is 27.1. The molecule has 1 aliphatic heterocycles. The van der Waals surface area contributed by atoms with E-state index in [0.29, 0.717) is 42.0 Å². The highest BCUT2D eigenvalue weighted by molar-refractivity contribution is 6.02. The maximum atomic E-state index is 14.3. The molecule has 0 fully saturated rings.